The molecule has 0 radical (unpaired) electrons. The Balaban J connectivity index is 1.98. The summed E-state index contributed by atoms with van der Waals surface area (Å²) in [5, 5.41) is 0. The van der Waals surface area contributed by atoms with Crippen molar-refractivity contribution in [2.45, 2.75) is 6.42 Å². The lowest BCUT2D eigenvalue weighted by atomic mass is 10.2. The normalized spacial score (nSPS) is 10.2. The van der Waals surface area contributed by atoms with Crippen LogP contribution >= 0.6 is 0 Å². The van der Waals surface area contributed by atoms with E-state index in [1.54, 1.807) is 24.2 Å². The van der Waals surface area contributed by atoms with Crippen molar-refractivity contribution in [2.75, 3.05) is 13.6 Å². The van der Waals surface area contributed by atoms with Crippen LogP contribution in [-0.4, -0.2) is 34.4 Å². The largest absolute Gasteiger partial charge is 0.341 e. The van der Waals surface area contributed by atoms with Crippen LogP contribution < -0.4 is 5.56 Å². The fraction of sp³-hybridized carbons (Fsp3) is 0.214. The summed E-state index contributed by atoms with van der Waals surface area (Å²) in [6, 6.07) is 8.60. The summed E-state index contributed by atoms with van der Waals surface area (Å²) in [6.45, 7) is 0.558. The van der Waals surface area contributed by atoms with E-state index in [1.165, 1.54) is 12.3 Å². The highest BCUT2D eigenvalue weighted by atomic mass is 16.2. The molecule has 0 aliphatic heterocycles. The average molecular weight is 257 g/mol. The Morgan fingerprint density at radius 3 is 2.89 bits per heavy atom. The molecule has 0 aliphatic rings. The van der Waals surface area contributed by atoms with Gasteiger partial charge in [-0.1, -0.05) is 6.07 Å². The Bertz CT molecular complexity index is 607. The number of nitrogens with one attached hydrogen (secondary N) is 1. The molecular formula is C14H15N3O2. The van der Waals surface area contributed by atoms with Crippen molar-refractivity contribution in [3.05, 3.63) is 64.3 Å². The van der Waals surface area contributed by atoms with Crippen molar-refractivity contribution in [3.8, 4) is 0 Å². The summed E-state index contributed by atoms with van der Waals surface area (Å²) in [6.07, 6.45) is 3.89. The summed E-state index contributed by atoms with van der Waals surface area (Å²) in [5.74, 6) is -0.165. The number of H-pyrrole nitrogens is 1. The monoisotopic (exact) mass is 257 g/mol. The highest BCUT2D eigenvalue weighted by molar-refractivity contribution is 5.93. The maximum atomic E-state index is 12.1. The highest BCUT2D eigenvalue weighted by Gasteiger charge is 2.11. The molecule has 2 aromatic heterocycles. The highest BCUT2D eigenvalue weighted by Crippen LogP contribution is 2.02. The van der Waals surface area contributed by atoms with Gasteiger partial charge in [0.05, 0.1) is 0 Å². The number of hydrogen-bond acceptors (Lipinski definition) is 3. The number of likely N-dealkylation sites (N-methyl/N-ethyl adjacent to an activating group) is 1. The number of nitrogens with zero attached hydrogens (tertiary/aromatic N) is 2. The summed E-state index contributed by atoms with van der Waals surface area (Å²) in [4.78, 5) is 31.5. The van der Waals surface area contributed by atoms with E-state index >= 15 is 0 Å². The molecular weight excluding hydrogens is 242 g/mol. The summed E-state index contributed by atoms with van der Waals surface area (Å²) < 4.78 is 0. The number of aromatic amines is 1. The number of hydrogen-bond donors (Lipinski definition) is 1. The minimum absolute atomic E-state index is 0.165. The van der Waals surface area contributed by atoms with E-state index in [0.717, 1.165) is 5.69 Å². The predicted octanol–water partition coefficient (Wildman–Crippen LogP) is 1.08. The van der Waals surface area contributed by atoms with Gasteiger partial charge in [0.15, 0.2) is 0 Å². The van der Waals surface area contributed by atoms with E-state index in [2.05, 4.69) is 9.97 Å². The molecule has 2 aromatic rings. The molecule has 0 aromatic carbocycles. The summed E-state index contributed by atoms with van der Waals surface area (Å²) >= 11 is 0. The van der Waals surface area contributed by atoms with Crippen LogP contribution in [0.1, 0.15) is 16.1 Å². The van der Waals surface area contributed by atoms with Crippen molar-refractivity contribution in [1.82, 2.24) is 14.9 Å². The maximum Gasteiger partial charge on any atom is 0.253 e. The lowest BCUT2D eigenvalue weighted by Crippen LogP contribution is -2.29. The van der Waals surface area contributed by atoms with Crippen molar-refractivity contribution < 1.29 is 4.79 Å². The summed E-state index contributed by atoms with van der Waals surface area (Å²) in [5.41, 5.74) is 1.06. The van der Waals surface area contributed by atoms with Crippen molar-refractivity contribution in [2.24, 2.45) is 0 Å². The standard InChI is InChI=1S/C14H15N3O2/c1-17(9-6-12-4-2-3-7-15-12)14(19)11-5-8-16-13(18)10-11/h2-5,7-8,10H,6,9H2,1H3,(H,16,18). The third-order valence-corrected chi connectivity index (χ3v) is 2.80. The fourth-order valence-electron chi connectivity index (χ4n) is 1.73. The van der Waals surface area contributed by atoms with Crippen LogP contribution in [0.25, 0.3) is 0 Å². The number of pyridine rings is 2. The molecule has 2 rings (SSSR count). The second-order valence-corrected chi connectivity index (χ2v) is 4.24. The molecule has 0 spiro atoms. The first-order valence-electron chi connectivity index (χ1n) is 6.01. The quantitative estimate of drug-likeness (QED) is 0.891. The molecule has 19 heavy (non-hydrogen) atoms. The topological polar surface area (TPSA) is 66.1 Å². The molecule has 5 nitrogen and oxygen atoms in total. The van der Waals surface area contributed by atoms with Gasteiger partial charge in [-0.15, -0.1) is 0 Å². The molecule has 0 fully saturated rings. The van der Waals surface area contributed by atoms with E-state index in [1.807, 2.05) is 18.2 Å². The Labute approximate surface area is 110 Å². The minimum Gasteiger partial charge on any atom is -0.341 e. The molecule has 0 saturated carbocycles. The van der Waals surface area contributed by atoms with Crippen molar-refractivity contribution in [1.29, 1.82) is 0 Å². The number of rotatable bonds is 4. The van der Waals surface area contributed by atoms with Gasteiger partial charge in [-0.3, -0.25) is 14.6 Å². The van der Waals surface area contributed by atoms with Crippen LogP contribution in [0.5, 0.6) is 0 Å². The number of aromatic nitrogens is 2. The van der Waals surface area contributed by atoms with Crippen molar-refractivity contribution in [3.63, 3.8) is 0 Å². The predicted molar refractivity (Wildman–Crippen MR) is 72.0 cm³/mol. The van der Waals surface area contributed by atoms with Crippen LogP contribution in [0.2, 0.25) is 0 Å². The third-order valence-electron chi connectivity index (χ3n) is 2.80. The summed E-state index contributed by atoms with van der Waals surface area (Å²) in [7, 11) is 1.71. The molecule has 98 valence electrons. The first-order chi connectivity index (χ1) is 9.16. The van der Waals surface area contributed by atoms with Crippen LogP contribution in [0.4, 0.5) is 0 Å². The third kappa shape index (κ3) is 3.51. The first kappa shape index (κ1) is 13.0. The molecule has 0 aliphatic carbocycles. The molecule has 2 heterocycles. The van der Waals surface area contributed by atoms with Gasteiger partial charge < -0.3 is 9.88 Å². The lowest BCUT2D eigenvalue weighted by molar-refractivity contribution is 0.0796. The molecule has 5 heteroatoms. The second-order valence-electron chi connectivity index (χ2n) is 4.24. The molecule has 0 unspecified atom stereocenters. The maximum absolute atomic E-state index is 12.1. The average Bonchev–Trinajstić information content (AvgIpc) is 2.45. The van der Waals surface area contributed by atoms with Gasteiger partial charge in [0.2, 0.25) is 5.56 Å². The van der Waals surface area contributed by atoms with Crippen LogP contribution in [0.3, 0.4) is 0 Å². The zero-order valence-electron chi connectivity index (χ0n) is 10.7. The van der Waals surface area contributed by atoms with Gasteiger partial charge in [-0.25, -0.2) is 0 Å². The smallest absolute Gasteiger partial charge is 0.253 e. The Morgan fingerprint density at radius 2 is 2.21 bits per heavy atom. The molecule has 0 bridgehead atoms. The molecule has 1 N–H and O–H groups in total. The van der Waals surface area contributed by atoms with E-state index < -0.39 is 0 Å². The Morgan fingerprint density at radius 1 is 1.37 bits per heavy atom. The zero-order valence-corrected chi connectivity index (χ0v) is 10.7. The zero-order chi connectivity index (χ0) is 13.7. The van der Waals surface area contributed by atoms with E-state index in [9.17, 15) is 9.59 Å². The fourth-order valence-corrected chi connectivity index (χ4v) is 1.73. The number of carbonyl (C=O) groups excluding carboxylic acids is 1. The SMILES string of the molecule is CN(CCc1ccccn1)C(=O)c1cc[nH]c(=O)c1. The van der Waals surface area contributed by atoms with Crippen LogP contribution in [-0.2, 0) is 6.42 Å². The number of amides is 1. The van der Waals surface area contributed by atoms with E-state index in [0.29, 0.717) is 18.5 Å². The number of carbonyl (C=O) groups is 1. The first-order valence-corrected chi connectivity index (χ1v) is 6.01. The van der Waals surface area contributed by atoms with Gasteiger partial charge in [-0.2, -0.15) is 0 Å². The molecule has 0 saturated heterocycles. The van der Waals surface area contributed by atoms with Crippen LogP contribution in [0.15, 0.2) is 47.5 Å². The molecule has 1 amide bonds. The van der Waals surface area contributed by atoms with Crippen molar-refractivity contribution >= 4 is 5.91 Å². The van der Waals surface area contributed by atoms with E-state index in [-0.39, 0.29) is 11.5 Å². The Hall–Kier alpha value is -2.43. The van der Waals surface area contributed by atoms with Gasteiger partial charge >= 0.3 is 0 Å². The van der Waals surface area contributed by atoms with Crippen LogP contribution in [0, 0.1) is 0 Å². The van der Waals surface area contributed by atoms with Gasteiger partial charge in [0, 0.05) is 49.7 Å². The minimum atomic E-state index is -0.274. The molecule has 0 atom stereocenters. The van der Waals surface area contributed by atoms with Gasteiger partial charge in [0.25, 0.3) is 5.91 Å². The Kier molecular flexibility index (Phi) is 4.07. The van der Waals surface area contributed by atoms with Gasteiger partial charge in [0.1, 0.15) is 0 Å². The lowest BCUT2D eigenvalue weighted by Gasteiger charge is -2.16. The van der Waals surface area contributed by atoms with Gasteiger partial charge in [-0.05, 0) is 18.2 Å². The second kappa shape index (κ2) is 5.95. The van der Waals surface area contributed by atoms with E-state index in [4.69, 9.17) is 0 Å².